The van der Waals surface area contributed by atoms with Crippen LogP contribution in [0.5, 0.6) is 0 Å². The zero-order valence-corrected chi connectivity index (χ0v) is 13.6. The van der Waals surface area contributed by atoms with Gasteiger partial charge in [-0.15, -0.1) is 0 Å². The molecule has 6 rings (SSSR count). The molecule has 3 fully saturated rings. The van der Waals surface area contributed by atoms with Crippen LogP contribution in [-0.2, 0) is 5.41 Å². The summed E-state index contributed by atoms with van der Waals surface area (Å²) >= 11 is 0. The summed E-state index contributed by atoms with van der Waals surface area (Å²) < 4.78 is 0. The van der Waals surface area contributed by atoms with E-state index in [2.05, 4.69) is 53.6 Å². The van der Waals surface area contributed by atoms with Gasteiger partial charge in [-0.3, -0.25) is 4.90 Å². The maximum Gasteiger partial charge on any atom is 0.0571 e. The fraction of sp³-hybridized carbons (Fsp3) is 0.600. The number of benzene rings is 1. The van der Waals surface area contributed by atoms with Gasteiger partial charge in [0.05, 0.1) is 5.54 Å². The van der Waals surface area contributed by atoms with E-state index in [0.717, 1.165) is 13.0 Å². The minimum absolute atomic E-state index is 0.0273. The third-order valence-corrected chi connectivity index (χ3v) is 8.34. The van der Waals surface area contributed by atoms with Crippen molar-refractivity contribution in [2.24, 2.45) is 17.3 Å². The predicted molar refractivity (Wildman–Crippen MR) is 90.4 cm³/mol. The van der Waals surface area contributed by atoms with E-state index in [1.807, 2.05) is 0 Å². The van der Waals surface area contributed by atoms with Gasteiger partial charge in [-0.2, -0.15) is 0 Å². The number of aliphatic hydroxyl groups excluding tert-OH is 1. The molecule has 0 aromatic heterocycles. The lowest BCUT2D eigenvalue weighted by Crippen LogP contribution is -2.62. The molecule has 1 saturated heterocycles. The van der Waals surface area contributed by atoms with Gasteiger partial charge in [0.25, 0.3) is 0 Å². The fourth-order valence-electron chi connectivity index (χ4n) is 7.92. The van der Waals surface area contributed by atoms with E-state index in [1.165, 1.54) is 24.2 Å². The van der Waals surface area contributed by atoms with Crippen LogP contribution in [0, 0.1) is 17.3 Å². The second kappa shape index (κ2) is 3.68. The molecule has 3 nitrogen and oxygen atoms in total. The SMILES string of the molecule is C[C@@H]1[C@]23C=CCN4CC[C@@]5(c6ccccc6N[C@]15[C@H](CO)C2)[C@@H]43. The molecule has 1 aromatic rings. The molecule has 23 heavy (non-hydrogen) atoms. The van der Waals surface area contributed by atoms with Crippen LogP contribution in [0.3, 0.4) is 0 Å². The first-order chi connectivity index (χ1) is 11.2. The van der Waals surface area contributed by atoms with Crippen LogP contribution in [0.25, 0.3) is 0 Å². The topological polar surface area (TPSA) is 35.5 Å². The maximum absolute atomic E-state index is 10.3. The van der Waals surface area contributed by atoms with E-state index >= 15 is 0 Å². The highest BCUT2D eigenvalue weighted by atomic mass is 16.3. The average molecular weight is 308 g/mol. The van der Waals surface area contributed by atoms with Crippen LogP contribution in [-0.4, -0.2) is 41.3 Å². The van der Waals surface area contributed by atoms with E-state index in [9.17, 15) is 5.11 Å². The number of hydrogen-bond acceptors (Lipinski definition) is 3. The van der Waals surface area contributed by atoms with Gasteiger partial charge in [-0.1, -0.05) is 37.3 Å². The number of anilines is 1. The summed E-state index contributed by atoms with van der Waals surface area (Å²) in [6.07, 6.45) is 7.29. The molecule has 3 aliphatic heterocycles. The Kier molecular flexibility index (Phi) is 2.08. The Bertz CT molecular complexity index is 745. The van der Waals surface area contributed by atoms with Crippen LogP contribution in [0.15, 0.2) is 36.4 Å². The van der Waals surface area contributed by atoms with E-state index in [-0.39, 0.29) is 16.4 Å². The van der Waals surface area contributed by atoms with Crippen molar-refractivity contribution in [3.8, 4) is 0 Å². The number of rotatable bonds is 1. The summed E-state index contributed by atoms with van der Waals surface area (Å²) in [4.78, 5) is 2.73. The van der Waals surface area contributed by atoms with Gasteiger partial charge in [-0.25, -0.2) is 0 Å². The van der Waals surface area contributed by atoms with Crippen molar-refractivity contribution < 1.29 is 5.11 Å². The summed E-state index contributed by atoms with van der Waals surface area (Å²) in [7, 11) is 0. The summed E-state index contributed by atoms with van der Waals surface area (Å²) in [6, 6.07) is 9.56. The minimum Gasteiger partial charge on any atom is -0.396 e. The van der Waals surface area contributed by atoms with Crippen LogP contribution in [0.2, 0.25) is 0 Å². The number of nitrogens with zero attached hydrogens (tertiary/aromatic N) is 1. The molecule has 120 valence electrons. The molecule has 6 atom stereocenters. The molecule has 5 aliphatic rings. The van der Waals surface area contributed by atoms with E-state index in [0.29, 0.717) is 24.5 Å². The predicted octanol–water partition coefficient (Wildman–Crippen LogP) is 2.38. The molecule has 3 spiro atoms. The van der Waals surface area contributed by atoms with Crippen LogP contribution in [0.1, 0.15) is 25.3 Å². The summed E-state index contributed by atoms with van der Waals surface area (Å²) in [5.41, 5.74) is 3.29. The third kappa shape index (κ3) is 1.03. The second-order valence-corrected chi connectivity index (χ2v) is 8.48. The van der Waals surface area contributed by atoms with Crippen molar-refractivity contribution in [1.29, 1.82) is 0 Å². The summed E-state index contributed by atoms with van der Waals surface area (Å²) in [5.74, 6) is 0.910. The largest absolute Gasteiger partial charge is 0.396 e. The lowest BCUT2D eigenvalue weighted by Gasteiger charge is -2.51. The fourth-order valence-corrected chi connectivity index (χ4v) is 7.92. The standard InChI is InChI=1S/C20H24N2O/c1-13-18-7-4-9-22-10-8-19(17(18)22)15-5-2-3-6-16(15)21-20(13,19)14(11-18)12-23/h2-7,13-14,17,21,23H,8-12H2,1H3/t13-,14+,17+,18+,19-,20+/m1/s1. The van der Waals surface area contributed by atoms with Gasteiger partial charge >= 0.3 is 0 Å². The molecule has 3 heteroatoms. The lowest BCUT2D eigenvalue weighted by atomic mass is 9.57. The van der Waals surface area contributed by atoms with Crippen LogP contribution < -0.4 is 5.32 Å². The average Bonchev–Trinajstić information content (AvgIpc) is 3.23. The number of nitrogens with one attached hydrogen (secondary N) is 1. The van der Waals surface area contributed by atoms with Gasteiger partial charge in [0.15, 0.2) is 0 Å². The Morgan fingerprint density at radius 1 is 1.35 bits per heavy atom. The smallest absolute Gasteiger partial charge is 0.0571 e. The van der Waals surface area contributed by atoms with Crippen molar-refractivity contribution in [2.45, 2.75) is 36.8 Å². The van der Waals surface area contributed by atoms with E-state index < -0.39 is 0 Å². The Morgan fingerprint density at radius 2 is 2.22 bits per heavy atom. The van der Waals surface area contributed by atoms with Crippen LogP contribution >= 0.6 is 0 Å². The molecule has 0 unspecified atom stereocenters. The summed E-state index contributed by atoms with van der Waals surface area (Å²) in [6.45, 7) is 5.04. The number of fused-ring (bicyclic) bond motifs is 1. The number of para-hydroxylation sites is 1. The van der Waals surface area contributed by atoms with Crippen molar-refractivity contribution >= 4 is 5.69 Å². The maximum atomic E-state index is 10.3. The molecular formula is C20H24N2O. The van der Waals surface area contributed by atoms with E-state index in [1.54, 1.807) is 0 Å². The molecular weight excluding hydrogens is 284 g/mol. The van der Waals surface area contributed by atoms with Crippen molar-refractivity contribution in [2.75, 3.05) is 25.0 Å². The molecule has 2 bridgehead atoms. The van der Waals surface area contributed by atoms with Crippen molar-refractivity contribution in [3.05, 3.63) is 42.0 Å². The van der Waals surface area contributed by atoms with Gasteiger partial charge in [-0.05, 0) is 36.9 Å². The third-order valence-electron chi connectivity index (χ3n) is 8.34. The zero-order chi connectivity index (χ0) is 15.4. The van der Waals surface area contributed by atoms with Crippen LogP contribution in [0.4, 0.5) is 5.69 Å². The lowest BCUT2D eigenvalue weighted by molar-refractivity contribution is 0.0536. The highest BCUT2D eigenvalue weighted by Gasteiger charge is 2.84. The molecule has 2 saturated carbocycles. The Balaban J connectivity index is 1.72. The Morgan fingerprint density at radius 3 is 3.09 bits per heavy atom. The molecule has 3 heterocycles. The van der Waals surface area contributed by atoms with E-state index in [4.69, 9.17) is 0 Å². The van der Waals surface area contributed by atoms with Gasteiger partial charge < -0.3 is 10.4 Å². The van der Waals surface area contributed by atoms with Gasteiger partial charge in [0.2, 0.25) is 0 Å². The Labute approximate surface area is 137 Å². The summed E-state index contributed by atoms with van der Waals surface area (Å²) in [5, 5.41) is 14.3. The highest BCUT2D eigenvalue weighted by Crippen LogP contribution is 2.78. The van der Waals surface area contributed by atoms with Crippen molar-refractivity contribution in [3.63, 3.8) is 0 Å². The number of hydrogen-bond donors (Lipinski definition) is 2. The first kappa shape index (κ1) is 13.0. The first-order valence-corrected chi connectivity index (χ1v) is 9.11. The van der Waals surface area contributed by atoms with Gasteiger partial charge in [0.1, 0.15) is 0 Å². The molecule has 1 aromatic carbocycles. The second-order valence-electron chi connectivity index (χ2n) is 8.48. The zero-order valence-electron chi connectivity index (χ0n) is 13.6. The molecule has 0 radical (unpaired) electrons. The quantitative estimate of drug-likeness (QED) is 0.782. The highest BCUT2D eigenvalue weighted by molar-refractivity contribution is 5.71. The van der Waals surface area contributed by atoms with Crippen molar-refractivity contribution in [1.82, 2.24) is 4.90 Å². The first-order valence-electron chi connectivity index (χ1n) is 9.11. The minimum atomic E-state index is 0.0273. The monoisotopic (exact) mass is 308 g/mol. The van der Waals surface area contributed by atoms with Gasteiger partial charge in [0, 0.05) is 41.6 Å². The molecule has 2 N–H and O–H groups in total. The molecule has 2 aliphatic carbocycles. The number of aliphatic hydroxyl groups is 1. The normalized spacial score (nSPS) is 51.5. The Hall–Kier alpha value is -1.32. The molecule has 0 amide bonds.